The fourth-order valence-corrected chi connectivity index (χ4v) is 1.55. The minimum absolute atomic E-state index is 0.238. The second-order valence-corrected chi connectivity index (χ2v) is 4.58. The Kier molecular flexibility index (Phi) is 5.22. The molecule has 0 bridgehead atoms. The summed E-state index contributed by atoms with van der Waals surface area (Å²) in [5.41, 5.74) is -3.52. The predicted molar refractivity (Wildman–Crippen MR) is 67.9 cm³/mol. The molecule has 2 N–H and O–H groups in total. The Hall–Kier alpha value is -1.70. The summed E-state index contributed by atoms with van der Waals surface area (Å²) in [7, 11) is 0. The standard InChI is InChI=1S/C11H11F3N2O2S/c1-7(17)15-8-2-4-9(5-3-8)16-10(18)6-19-11(12,13)14/h2-5H,6H2,1H3,(H,15,17)(H,16,18). The van der Waals surface area contributed by atoms with Crippen LogP contribution < -0.4 is 10.6 Å². The molecule has 0 radical (unpaired) electrons. The van der Waals surface area contributed by atoms with Crippen LogP contribution in [0.3, 0.4) is 0 Å². The van der Waals surface area contributed by atoms with Crippen LogP contribution in [0.15, 0.2) is 24.3 Å². The molecule has 0 aliphatic heterocycles. The molecule has 0 atom stereocenters. The molecule has 0 spiro atoms. The van der Waals surface area contributed by atoms with Gasteiger partial charge in [-0.25, -0.2) is 0 Å². The number of rotatable bonds is 4. The summed E-state index contributed by atoms with van der Waals surface area (Å²) in [5, 5.41) is 4.85. The van der Waals surface area contributed by atoms with Gasteiger partial charge in [0.05, 0.1) is 5.75 Å². The van der Waals surface area contributed by atoms with Crippen LogP contribution in [0.5, 0.6) is 0 Å². The molecule has 1 rings (SSSR count). The summed E-state index contributed by atoms with van der Waals surface area (Å²) in [4.78, 5) is 22.0. The van der Waals surface area contributed by atoms with Gasteiger partial charge in [-0.1, -0.05) is 0 Å². The van der Waals surface area contributed by atoms with E-state index < -0.39 is 28.9 Å². The molecule has 0 aromatic heterocycles. The van der Waals surface area contributed by atoms with Crippen LogP contribution in [-0.2, 0) is 9.59 Å². The van der Waals surface area contributed by atoms with Crippen LogP contribution in [0.4, 0.5) is 24.5 Å². The zero-order valence-electron chi connectivity index (χ0n) is 9.88. The highest BCUT2D eigenvalue weighted by molar-refractivity contribution is 8.00. The van der Waals surface area contributed by atoms with Crippen molar-refractivity contribution in [1.82, 2.24) is 0 Å². The summed E-state index contributed by atoms with van der Waals surface area (Å²) in [6.07, 6.45) is 0. The second-order valence-electron chi connectivity index (χ2n) is 3.54. The fraction of sp³-hybridized carbons (Fsp3) is 0.273. The van der Waals surface area contributed by atoms with Gasteiger partial charge in [-0.2, -0.15) is 13.2 Å². The average molecular weight is 292 g/mol. The number of benzene rings is 1. The Balaban J connectivity index is 2.49. The van der Waals surface area contributed by atoms with Gasteiger partial charge in [0.1, 0.15) is 0 Å². The highest BCUT2D eigenvalue weighted by Gasteiger charge is 2.29. The Labute approximate surface area is 111 Å². The summed E-state index contributed by atoms with van der Waals surface area (Å²) in [5.74, 6) is -1.68. The van der Waals surface area contributed by atoms with Gasteiger partial charge in [-0.05, 0) is 36.0 Å². The van der Waals surface area contributed by atoms with Crippen LogP contribution in [0, 0.1) is 0 Å². The van der Waals surface area contributed by atoms with E-state index in [1.165, 1.54) is 31.2 Å². The van der Waals surface area contributed by atoms with Gasteiger partial charge < -0.3 is 10.6 Å². The third-order valence-electron chi connectivity index (χ3n) is 1.86. The number of hydrogen-bond donors (Lipinski definition) is 2. The first kappa shape index (κ1) is 15.4. The monoisotopic (exact) mass is 292 g/mol. The van der Waals surface area contributed by atoms with Gasteiger partial charge in [0.15, 0.2) is 0 Å². The van der Waals surface area contributed by atoms with Crippen LogP contribution in [0.2, 0.25) is 0 Å². The number of carbonyl (C=O) groups is 2. The lowest BCUT2D eigenvalue weighted by Gasteiger charge is -2.08. The summed E-state index contributed by atoms with van der Waals surface area (Å²) < 4.78 is 35.6. The first-order valence-electron chi connectivity index (χ1n) is 5.14. The highest BCUT2D eigenvalue weighted by Crippen LogP contribution is 2.29. The highest BCUT2D eigenvalue weighted by atomic mass is 32.2. The second kappa shape index (κ2) is 6.46. The van der Waals surface area contributed by atoms with Crippen LogP contribution >= 0.6 is 11.8 Å². The topological polar surface area (TPSA) is 58.2 Å². The van der Waals surface area contributed by atoms with Gasteiger partial charge in [0, 0.05) is 18.3 Å². The molecule has 1 aromatic rings. The first-order valence-corrected chi connectivity index (χ1v) is 6.13. The Bertz CT molecular complexity index is 460. The van der Waals surface area contributed by atoms with Crippen LogP contribution in [0.25, 0.3) is 0 Å². The molecular formula is C11H11F3N2O2S. The first-order chi connectivity index (χ1) is 8.76. The molecule has 0 aliphatic carbocycles. The fourth-order valence-electron chi connectivity index (χ4n) is 1.18. The van der Waals surface area contributed by atoms with Gasteiger partial charge >= 0.3 is 5.51 Å². The third-order valence-corrected chi connectivity index (χ3v) is 2.59. The number of carbonyl (C=O) groups excluding carboxylic acids is 2. The van der Waals surface area contributed by atoms with E-state index in [2.05, 4.69) is 10.6 Å². The molecule has 19 heavy (non-hydrogen) atoms. The lowest BCUT2D eigenvalue weighted by molar-refractivity contribution is -0.115. The maximum atomic E-state index is 11.9. The van der Waals surface area contributed by atoms with E-state index in [1.807, 2.05) is 0 Å². The largest absolute Gasteiger partial charge is 0.442 e. The van der Waals surface area contributed by atoms with Crippen molar-refractivity contribution in [2.45, 2.75) is 12.4 Å². The van der Waals surface area contributed by atoms with E-state index in [9.17, 15) is 22.8 Å². The van der Waals surface area contributed by atoms with Gasteiger partial charge in [-0.3, -0.25) is 9.59 Å². The maximum absolute atomic E-state index is 11.9. The van der Waals surface area contributed by atoms with Crippen LogP contribution in [0.1, 0.15) is 6.92 Å². The van der Waals surface area contributed by atoms with Crippen molar-refractivity contribution >= 4 is 35.0 Å². The predicted octanol–water partition coefficient (Wildman–Crippen LogP) is 2.84. The molecule has 0 aliphatic rings. The molecule has 0 unspecified atom stereocenters. The minimum Gasteiger partial charge on any atom is -0.326 e. The summed E-state index contributed by atoms with van der Waals surface area (Å²) >= 11 is -0.397. The van der Waals surface area contributed by atoms with E-state index in [1.54, 1.807) is 0 Å². The zero-order chi connectivity index (χ0) is 14.5. The van der Waals surface area contributed by atoms with Crippen molar-refractivity contribution in [3.63, 3.8) is 0 Å². The molecule has 2 amide bonds. The van der Waals surface area contributed by atoms with Gasteiger partial charge in [0.25, 0.3) is 0 Å². The van der Waals surface area contributed by atoms with E-state index in [-0.39, 0.29) is 5.91 Å². The molecule has 0 saturated carbocycles. The molecule has 8 heteroatoms. The third kappa shape index (κ3) is 6.70. The molecule has 4 nitrogen and oxygen atoms in total. The van der Waals surface area contributed by atoms with Gasteiger partial charge in [0.2, 0.25) is 11.8 Å². The summed E-state index contributed by atoms with van der Waals surface area (Å²) in [6, 6.07) is 6.05. The van der Waals surface area contributed by atoms with Crippen molar-refractivity contribution in [2.75, 3.05) is 16.4 Å². The number of amides is 2. The van der Waals surface area contributed by atoms with Crippen molar-refractivity contribution < 1.29 is 22.8 Å². The molecule has 0 saturated heterocycles. The Morgan fingerprint density at radius 2 is 1.58 bits per heavy atom. The molecule has 1 aromatic carbocycles. The van der Waals surface area contributed by atoms with Crippen molar-refractivity contribution in [2.24, 2.45) is 0 Å². The van der Waals surface area contributed by atoms with Gasteiger partial charge in [-0.15, -0.1) is 0 Å². The molecule has 0 heterocycles. The quantitative estimate of drug-likeness (QED) is 0.897. The average Bonchev–Trinajstić information content (AvgIpc) is 2.28. The van der Waals surface area contributed by atoms with Crippen molar-refractivity contribution in [3.8, 4) is 0 Å². The number of halogens is 3. The number of hydrogen-bond acceptors (Lipinski definition) is 3. The molecular weight excluding hydrogens is 281 g/mol. The molecule has 104 valence electrons. The van der Waals surface area contributed by atoms with Crippen molar-refractivity contribution in [1.29, 1.82) is 0 Å². The van der Waals surface area contributed by atoms with E-state index in [0.29, 0.717) is 11.4 Å². The number of thioether (sulfide) groups is 1. The normalized spacial score (nSPS) is 10.9. The lowest BCUT2D eigenvalue weighted by Crippen LogP contribution is -2.17. The number of anilines is 2. The number of alkyl halides is 3. The van der Waals surface area contributed by atoms with E-state index in [0.717, 1.165) is 0 Å². The zero-order valence-corrected chi connectivity index (χ0v) is 10.7. The van der Waals surface area contributed by atoms with Crippen molar-refractivity contribution in [3.05, 3.63) is 24.3 Å². The van der Waals surface area contributed by atoms with Crippen LogP contribution in [-0.4, -0.2) is 23.1 Å². The number of nitrogens with one attached hydrogen (secondary N) is 2. The smallest absolute Gasteiger partial charge is 0.326 e. The maximum Gasteiger partial charge on any atom is 0.442 e. The minimum atomic E-state index is -4.42. The van der Waals surface area contributed by atoms with E-state index >= 15 is 0 Å². The lowest BCUT2D eigenvalue weighted by atomic mass is 10.3. The Morgan fingerprint density at radius 3 is 2.00 bits per heavy atom. The van der Waals surface area contributed by atoms with E-state index in [4.69, 9.17) is 0 Å². The SMILES string of the molecule is CC(=O)Nc1ccc(NC(=O)CSC(F)(F)F)cc1. The molecule has 0 fully saturated rings. The Morgan fingerprint density at radius 1 is 1.11 bits per heavy atom. The summed E-state index contributed by atoms with van der Waals surface area (Å²) in [6.45, 7) is 1.35.